The van der Waals surface area contributed by atoms with Crippen molar-refractivity contribution in [1.29, 1.82) is 0 Å². The van der Waals surface area contributed by atoms with Gasteiger partial charge in [-0.2, -0.15) is 0 Å². The minimum Gasteiger partial charge on any atom is -0.344 e. The van der Waals surface area contributed by atoms with Gasteiger partial charge >= 0.3 is 0 Å². The van der Waals surface area contributed by atoms with Crippen molar-refractivity contribution in [3.63, 3.8) is 0 Å². The van der Waals surface area contributed by atoms with Crippen molar-refractivity contribution in [2.45, 2.75) is 38.3 Å². The van der Waals surface area contributed by atoms with Crippen LogP contribution in [0.15, 0.2) is 11.6 Å². The van der Waals surface area contributed by atoms with E-state index in [2.05, 4.69) is 0 Å². The van der Waals surface area contributed by atoms with Crippen LogP contribution in [-0.2, 0) is 14.3 Å². The highest BCUT2D eigenvalue weighted by Crippen LogP contribution is 2.37. The van der Waals surface area contributed by atoms with Gasteiger partial charge in [0, 0.05) is 5.57 Å². The molecular formula is C9H12O3. The van der Waals surface area contributed by atoms with Gasteiger partial charge in [0.1, 0.15) is 12.4 Å². The van der Waals surface area contributed by atoms with E-state index in [9.17, 15) is 4.79 Å². The molecule has 2 rings (SSSR count). The quantitative estimate of drug-likeness (QED) is 0.549. The lowest BCUT2D eigenvalue weighted by Gasteiger charge is -2.17. The molecule has 0 radical (unpaired) electrons. The minimum atomic E-state index is -0.530. The molecule has 12 heavy (non-hydrogen) atoms. The molecule has 0 aromatic heterocycles. The van der Waals surface area contributed by atoms with Gasteiger partial charge in [0.25, 0.3) is 0 Å². The van der Waals surface area contributed by atoms with Crippen molar-refractivity contribution in [2.24, 2.45) is 0 Å². The van der Waals surface area contributed by atoms with Crippen LogP contribution < -0.4 is 0 Å². The fraction of sp³-hybridized carbons (Fsp3) is 0.667. The third-order valence-corrected chi connectivity index (χ3v) is 2.23. The summed E-state index contributed by atoms with van der Waals surface area (Å²) >= 11 is 0. The number of rotatable bonds is 1. The molecule has 3 heteroatoms. The summed E-state index contributed by atoms with van der Waals surface area (Å²) in [6.07, 6.45) is 3.47. The number of aldehydes is 1. The zero-order chi connectivity index (χ0) is 8.77. The molecule has 1 fully saturated rings. The second kappa shape index (κ2) is 2.41. The molecule has 1 aliphatic carbocycles. The van der Waals surface area contributed by atoms with Gasteiger partial charge in [-0.1, -0.05) is 6.08 Å². The van der Waals surface area contributed by atoms with Gasteiger partial charge < -0.3 is 9.47 Å². The fourth-order valence-electron chi connectivity index (χ4n) is 1.77. The summed E-state index contributed by atoms with van der Waals surface area (Å²) in [5.74, 6) is -0.530. The van der Waals surface area contributed by atoms with Gasteiger partial charge in [-0.25, -0.2) is 0 Å². The first kappa shape index (κ1) is 7.95. The standard InChI is InChI=1S/C9H12O3/c1-9(2)11-7-4-3-6(5-10)8(7)12-9/h3,5,7-8H,4H2,1-2H3/t7-,8+/m0/s1. The number of carbonyl (C=O) groups is 1. The molecule has 1 heterocycles. The SMILES string of the molecule is CC1(C)O[C@H]2CC=C(C=O)[C@H]2O1. The fourth-order valence-corrected chi connectivity index (χ4v) is 1.77. The van der Waals surface area contributed by atoms with Crippen LogP contribution in [0.3, 0.4) is 0 Å². The normalized spacial score (nSPS) is 37.7. The van der Waals surface area contributed by atoms with Gasteiger partial charge in [-0.05, 0) is 20.3 Å². The van der Waals surface area contributed by atoms with E-state index in [1.165, 1.54) is 0 Å². The highest BCUT2D eigenvalue weighted by Gasteiger charge is 2.45. The maximum atomic E-state index is 10.6. The van der Waals surface area contributed by atoms with E-state index in [0.29, 0.717) is 0 Å². The van der Waals surface area contributed by atoms with E-state index in [1.807, 2.05) is 19.9 Å². The first-order valence-corrected chi connectivity index (χ1v) is 4.13. The first-order chi connectivity index (χ1) is 5.62. The van der Waals surface area contributed by atoms with Crippen LogP contribution in [-0.4, -0.2) is 24.3 Å². The molecule has 66 valence electrons. The predicted octanol–water partition coefficient (Wildman–Crippen LogP) is 1.04. The van der Waals surface area contributed by atoms with Crippen LogP contribution in [0.2, 0.25) is 0 Å². The molecule has 0 unspecified atom stereocenters. The summed E-state index contributed by atoms with van der Waals surface area (Å²) in [4.78, 5) is 10.6. The van der Waals surface area contributed by atoms with E-state index >= 15 is 0 Å². The summed E-state index contributed by atoms with van der Waals surface area (Å²) in [6, 6.07) is 0. The van der Waals surface area contributed by atoms with Crippen LogP contribution in [0.5, 0.6) is 0 Å². The van der Waals surface area contributed by atoms with Gasteiger partial charge in [0.05, 0.1) is 6.10 Å². The maximum Gasteiger partial charge on any atom is 0.164 e. The van der Waals surface area contributed by atoms with Crippen molar-refractivity contribution >= 4 is 6.29 Å². The van der Waals surface area contributed by atoms with Crippen molar-refractivity contribution < 1.29 is 14.3 Å². The smallest absolute Gasteiger partial charge is 0.164 e. The number of carbonyl (C=O) groups excluding carboxylic acids is 1. The summed E-state index contributed by atoms with van der Waals surface area (Å²) in [5, 5.41) is 0. The number of hydrogen-bond donors (Lipinski definition) is 0. The summed E-state index contributed by atoms with van der Waals surface area (Å²) in [5.41, 5.74) is 0.727. The first-order valence-electron chi connectivity index (χ1n) is 4.13. The van der Waals surface area contributed by atoms with Crippen LogP contribution >= 0.6 is 0 Å². The molecule has 0 spiro atoms. The Morgan fingerprint density at radius 1 is 1.58 bits per heavy atom. The highest BCUT2D eigenvalue weighted by atomic mass is 16.8. The molecule has 3 nitrogen and oxygen atoms in total. The minimum absolute atomic E-state index is 0.0557. The van der Waals surface area contributed by atoms with Crippen LogP contribution in [0.1, 0.15) is 20.3 Å². The Hall–Kier alpha value is -0.670. The summed E-state index contributed by atoms with van der Waals surface area (Å²) < 4.78 is 11.1. The molecule has 0 saturated carbocycles. The third kappa shape index (κ3) is 1.09. The zero-order valence-corrected chi connectivity index (χ0v) is 7.24. The Morgan fingerprint density at radius 3 is 3.00 bits per heavy atom. The van der Waals surface area contributed by atoms with E-state index in [0.717, 1.165) is 18.3 Å². The van der Waals surface area contributed by atoms with Gasteiger partial charge in [-0.3, -0.25) is 4.79 Å². The zero-order valence-electron chi connectivity index (χ0n) is 7.24. The lowest BCUT2D eigenvalue weighted by Crippen LogP contribution is -2.22. The molecule has 2 aliphatic rings. The molecule has 1 aliphatic heterocycles. The Kier molecular flexibility index (Phi) is 1.59. The second-order valence-electron chi connectivity index (χ2n) is 3.65. The molecule has 0 aromatic rings. The van der Waals surface area contributed by atoms with Crippen LogP contribution in [0.25, 0.3) is 0 Å². The molecule has 1 saturated heterocycles. The Labute approximate surface area is 71.3 Å². The topological polar surface area (TPSA) is 35.5 Å². The maximum absolute atomic E-state index is 10.6. The molecular weight excluding hydrogens is 156 g/mol. The average Bonchev–Trinajstić information content (AvgIpc) is 2.42. The van der Waals surface area contributed by atoms with Crippen molar-refractivity contribution in [2.75, 3.05) is 0 Å². The Balaban J connectivity index is 2.17. The lowest BCUT2D eigenvalue weighted by molar-refractivity contribution is -0.145. The monoisotopic (exact) mass is 168 g/mol. The molecule has 0 amide bonds. The van der Waals surface area contributed by atoms with E-state index in [-0.39, 0.29) is 12.2 Å². The number of ether oxygens (including phenoxy) is 2. The van der Waals surface area contributed by atoms with Crippen molar-refractivity contribution in [3.8, 4) is 0 Å². The lowest BCUT2D eigenvalue weighted by atomic mass is 10.2. The van der Waals surface area contributed by atoms with Gasteiger partial charge in [-0.15, -0.1) is 0 Å². The highest BCUT2D eigenvalue weighted by molar-refractivity contribution is 5.76. The van der Waals surface area contributed by atoms with Gasteiger partial charge in [0.2, 0.25) is 0 Å². The Morgan fingerprint density at radius 2 is 2.33 bits per heavy atom. The summed E-state index contributed by atoms with van der Waals surface area (Å²) in [6.45, 7) is 3.74. The molecule has 0 N–H and O–H groups in total. The number of fused-ring (bicyclic) bond motifs is 1. The predicted molar refractivity (Wildman–Crippen MR) is 42.6 cm³/mol. The Bertz CT molecular complexity index is 242. The number of hydrogen-bond acceptors (Lipinski definition) is 3. The summed E-state index contributed by atoms with van der Waals surface area (Å²) in [7, 11) is 0. The van der Waals surface area contributed by atoms with E-state index < -0.39 is 5.79 Å². The van der Waals surface area contributed by atoms with Crippen molar-refractivity contribution in [3.05, 3.63) is 11.6 Å². The van der Waals surface area contributed by atoms with Crippen LogP contribution in [0.4, 0.5) is 0 Å². The largest absolute Gasteiger partial charge is 0.344 e. The molecule has 0 aromatic carbocycles. The molecule has 2 atom stereocenters. The van der Waals surface area contributed by atoms with Crippen LogP contribution in [0, 0.1) is 0 Å². The van der Waals surface area contributed by atoms with Crippen molar-refractivity contribution in [1.82, 2.24) is 0 Å². The average molecular weight is 168 g/mol. The third-order valence-electron chi connectivity index (χ3n) is 2.23. The molecule has 0 bridgehead atoms. The van der Waals surface area contributed by atoms with E-state index in [1.54, 1.807) is 0 Å². The van der Waals surface area contributed by atoms with E-state index in [4.69, 9.17) is 9.47 Å². The van der Waals surface area contributed by atoms with Gasteiger partial charge in [0.15, 0.2) is 5.79 Å². The second-order valence-corrected chi connectivity index (χ2v) is 3.65.